The number of amides is 1. The predicted molar refractivity (Wildman–Crippen MR) is 106 cm³/mol. The van der Waals surface area contributed by atoms with Crippen molar-refractivity contribution in [2.45, 2.75) is 24.3 Å². The minimum absolute atomic E-state index is 0.257. The Morgan fingerprint density at radius 1 is 1.24 bits per heavy atom. The van der Waals surface area contributed by atoms with Crippen molar-refractivity contribution >= 4 is 56.0 Å². The van der Waals surface area contributed by atoms with Gasteiger partial charge in [-0.3, -0.25) is 10.1 Å². The Hall–Kier alpha value is -1.76. The van der Waals surface area contributed by atoms with E-state index < -0.39 is 5.60 Å². The molecule has 0 bridgehead atoms. The summed E-state index contributed by atoms with van der Waals surface area (Å²) in [7, 11) is 0. The maximum atomic E-state index is 12.6. The van der Waals surface area contributed by atoms with Gasteiger partial charge in [0.25, 0.3) is 5.91 Å². The van der Waals surface area contributed by atoms with Crippen LogP contribution < -0.4 is 10.1 Å². The fourth-order valence-electron chi connectivity index (χ4n) is 2.23. The van der Waals surface area contributed by atoms with Crippen LogP contribution in [0.15, 0.2) is 47.4 Å². The van der Waals surface area contributed by atoms with Crippen molar-refractivity contribution in [2.24, 2.45) is 0 Å². The summed E-state index contributed by atoms with van der Waals surface area (Å²) in [4.78, 5) is 18.3. The molecule has 0 saturated heterocycles. The van der Waals surface area contributed by atoms with Crippen molar-refractivity contribution in [3.8, 4) is 5.75 Å². The average molecular weight is 393 g/mol. The van der Waals surface area contributed by atoms with E-state index in [4.69, 9.17) is 16.3 Å². The molecule has 130 valence electrons. The van der Waals surface area contributed by atoms with Crippen LogP contribution in [-0.4, -0.2) is 22.7 Å². The number of aromatic nitrogens is 1. The van der Waals surface area contributed by atoms with Gasteiger partial charge < -0.3 is 4.74 Å². The van der Waals surface area contributed by atoms with Crippen LogP contribution in [0.4, 0.5) is 5.13 Å². The Labute approximate surface area is 159 Å². The second kappa shape index (κ2) is 7.23. The van der Waals surface area contributed by atoms with Crippen LogP contribution in [-0.2, 0) is 4.79 Å². The van der Waals surface area contributed by atoms with Crippen molar-refractivity contribution in [3.05, 3.63) is 47.5 Å². The number of ether oxygens (including phenoxy) is 1. The first-order valence-electron chi connectivity index (χ1n) is 7.58. The van der Waals surface area contributed by atoms with Crippen molar-refractivity contribution in [2.75, 3.05) is 11.6 Å². The number of para-hydroxylation sites is 1. The van der Waals surface area contributed by atoms with Gasteiger partial charge >= 0.3 is 0 Å². The van der Waals surface area contributed by atoms with E-state index in [0.29, 0.717) is 15.9 Å². The van der Waals surface area contributed by atoms with Crippen molar-refractivity contribution in [1.82, 2.24) is 4.98 Å². The second-order valence-corrected chi connectivity index (χ2v) is 8.16. The summed E-state index contributed by atoms with van der Waals surface area (Å²) < 4.78 is 6.85. The minimum Gasteiger partial charge on any atom is -0.478 e. The Morgan fingerprint density at radius 2 is 1.96 bits per heavy atom. The molecular weight excluding hydrogens is 376 g/mol. The van der Waals surface area contributed by atoms with Gasteiger partial charge in [-0.15, -0.1) is 11.8 Å². The first-order valence-corrected chi connectivity index (χ1v) is 10.0. The number of thioether (sulfide) groups is 1. The molecule has 0 aliphatic rings. The zero-order chi connectivity index (χ0) is 18.0. The average Bonchev–Trinajstić information content (AvgIpc) is 2.99. The molecule has 0 radical (unpaired) electrons. The number of carbonyl (C=O) groups is 1. The smallest absolute Gasteiger partial charge is 0.269 e. The normalized spacial score (nSPS) is 11.5. The van der Waals surface area contributed by atoms with E-state index in [9.17, 15) is 4.79 Å². The molecule has 0 aliphatic carbocycles. The van der Waals surface area contributed by atoms with E-state index in [1.165, 1.54) is 11.3 Å². The van der Waals surface area contributed by atoms with Gasteiger partial charge in [0.05, 0.1) is 10.2 Å². The summed E-state index contributed by atoms with van der Waals surface area (Å²) in [5.74, 6) is 0.325. The first-order chi connectivity index (χ1) is 11.9. The predicted octanol–water partition coefficient (Wildman–Crippen LogP) is 5.47. The molecule has 3 rings (SSSR count). The fraction of sp³-hybridized carbons (Fsp3) is 0.222. The van der Waals surface area contributed by atoms with Crippen molar-refractivity contribution in [3.63, 3.8) is 0 Å². The van der Waals surface area contributed by atoms with Gasteiger partial charge in [0.15, 0.2) is 10.7 Å². The van der Waals surface area contributed by atoms with Gasteiger partial charge in [-0.1, -0.05) is 29.0 Å². The van der Waals surface area contributed by atoms with Crippen LogP contribution >= 0.6 is 34.7 Å². The Kier molecular flexibility index (Phi) is 5.22. The van der Waals surface area contributed by atoms with E-state index >= 15 is 0 Å². The highest BCUT2D eigenvalue weighted by atomic mass is 35.5. The molecule has 0 aliphatic heterocycles. The molecule has 0 unspecified atom stereocenters. The molecule has 0 spiro atoms. The molecule has 1 heterocycles. The van der Waals surface area contributed by atoms with Gasteiger partial charge in [0, 0.05) is 9.92 Å². The number of fused-ring (bicyclic) bond motifs is 1. The molecule has 0 saturated carbocycles. The highest BCUT2D eigenvalue weighted by Gasteiger charge is 2.31. The molecule has 0 fully saturated rings. The lowest BCUT2D eigenvalue weighted by molar-refractivity contribution is -0.128. The second-order valence-electron chi connectivity index (χ2n) is 5.85. The first kappa shape index (κ1) is 18.0. The molecule has 7 heteroatoms. The maximum Gasteiger partial charge on any atom is 0.269 e. The SMILES string of the molecule is CSc1cccc2sc(NC(=O)C(C)(C)Oc3ccc(Cl)cc3)nc12. The van der Waals surface area contributed by atoms with Gasteiger partial charge in [-0.2, -0.15) is 0 Å². The van der Waals surface area contributed by atoms with E-state index in [-0.39, 0.29) is 5.91 Å². The third-order valence-electron chi connectivity index (χ3n) is 3.56. The third-order valence-corrected chi connectivity index (χ3v) is 5.51. The van der Waals surface area contributed by atoms with Crippen molar-refractivity contribution < 1.29 is 9.53 Å². The number of hydrogen-bond acceptors (Lipinski definition) is 5. The molecule has 4 nitrogen and oxygen atoms in total. The summed E-state index contributed by atoms with van der Waals surface area (Å²) in [6, 6.07) is 12.9. The molecule has 25 heavy (non-hydrogen) atoms. The van der Waals surface area contributed by atoms with Crippen LogP contribution in [0.1, 0.15) is 13.8 Å². The Morgan fingerprint density at radius 3 is 2.64 bits per heavy atom. The van der Waals surface area contributed by atoms with Crippen LogP contribution in [0.5, 0.6) is 5.75 Å². The summed E-state index contributed by atoms with van der Waals surface area (Å²) >= 11 is 8.96. The number of halogens is 1. The topological polar surface area (TPSA) is 51.2 Å². The van der Waals surface area contributed by atoms with Gasteiger partial charge in [-0.05, 0) is 56.5 Å². The molecule has 1 aromatic heterocycles. The number of hydrogen-bond donors (Lipinski definition) is 1. The number of carbonyl (C=O) groups excluding carboxylic acids is 1. The monoisotopic (exact) mass is 392 g/mol. The van der Waals surface area contributed by atoms with E-state index in [1.54, 1.807) is 49.9 Å². The summed E-state index contributed by atoms with van der Waals surface area (Å²) in [5.41, 5.74) is -0.139. The quantitative estimate of drug-likeness (QED) is 0.585. The molecule has 2 aromatic carbocycles. The molecule has 1 amide bonds. The van der Waals surface area contributed by atoms with Crippen molar-refractivity contribution in [1.29, 1.82) is 0 Å². The zero-order valence-electron chi connectivity index (χ0n) is 14.0. The third kappa shape index (κ3) is 4.08. The number of thiazole rings is 1. The lowest BCUT2D eigenvalue weighted by Crippen LogP contribution is -2.42. The standard InChI is InChI=1S/C18H17ClN2O2S2/c1-18(2,23-12-9-7-11(19)8-10-12)16(22)21-17-20-15-13(24-3)5-4-6-14(15)25-17/h4-10H,1-3H3,(H,20,21,22). The highest BCUT2D eigenvalue weighted by Crippen LogP contribution is 2.32. The largest absolute Gasteiger partial charge is 0.478 e. The van der Waals surface area contributed by atoms with Gasteiger partial charge in [0.1, 0.15) is 5.75 Å². The number of nitrogens with zero attached hydrogens (tertiary/aromatic N) is 1. The summed E-state index contributed by atoms with van der Waals surface area (Å²) in [5, 5.41) is 4.05. The van der Waals surface area contributed by atoms with Gasteiger partial charge in [-0.25, -0.2) is 4.98 Å². The number of rotatable bonds is 5. The highest BCUT2D eigenvalue weighted by molar-refractivity contribution is 7.98. The summed E-state index contributed by atoms with van der Waals surface area (Å²) in [6.45, 7) is 3.44. The number of anilines is 1. The van der Waals surface area contributed by atoms with Crippen LogP contribution in [0.3, 0.4) is 0 Å². The molecule has 3 aromatic rings. The van der Waals surface area contributed by atoms with Gasteiger partial charge in [0.2, 0.25) is 0 Å². The van der Waals surface area contributed by atoms with E-state index in [1.807, 2.05) is 24.5 Å². The zero-order valence-corrected chi connectivity index (χ0v) is 16.4. The van der Waals surface area contributed by atoms with Crippen LogP contribution in [0.2, 0.25) is 5.02 Å². The Bertz CT molecular complexity index is 907. The lowest BCUT2D eigenvalue weighted by Gasteiger charge is -2.24. The Balaban J connectivity index is 1.77. The molecule has 0 atom stereocenters. The lowest BCUT2D eigenvalue weighted by atomic mass is 10.1. The van der Waals surface area contributed by atoms with E-state index in [0.717, 1.165) is 15.1 Å². The summed E-state index contributed by atoms with van der Waals surface area (Å²) in [6.07, 6.45) is 2.01. The number of nitrogens with one attached hydrogen (secondary N) is 1. The molecule has 1 N–H and O–H groups in total. The van der Waals surface area contributed by atoms with Crippen LogP contribution in [0, 0.1) is 0 Å². The van der Waals surface area contributed by atoms with E-state index in [2.05, 4.69) is 10.3 Å². The fourth-order valence-corrected chi connectivity index (χ4v) is 3.87. The number of benzene rings is 2. The minimum atomic E-state index is -1.05. The molecular formula is C18H17ClN2O2S2. The maximum absolute atomic E-state index is 12.6. The van der Waals surface area contributed by atoms with Crippen LogP contribution in [0.25, 0.3) is 10.2 Å².